The number of aromatic nitrogens is 3. The summed E-state index contributed by atoms with van der Waals surface area (Å²) in [6.45, 7) is 4.39. The number of nitrogens with one attached hydrogen (secondary N) is 1. The Morgan fingerprint density at radius 3 is 2.74 bits per heavy atom. The molecule has 0 radical (unpaired) electrons. The molecule has 176 valence electrons. The van der Waals surface area contributed by atoms with Gasteiger partial charge < -0.3 is 14.5 Å². The lowest BCUT2D eigenvalue weighted by molar-refractivity contribution is -0.127. The quantitative estimate of drug-likeness (QED) is 0.384. The van der Waals surface area contributed by atoms with E-state index in [4.69, 9.17) is 9.15 Å². The van der Waals surface area contributed by atoms with E-state index in [1.165, 1.54) is 15.8 Å². The lowest BCUT2D eigenvalue weighted by Gasteiger charge is -2.31. The third-order valence-corrected chi connectivity index (χ3v) is 5.52. The van der Waals surface area contributed by atoms with Crippen molar-refractivity contribution >= 4 is 28.5 Å². The van der Waals surface area contributed by atoms with Gasteiger partial charge in [-0.1, -0.05) is 29.5 Å². The van der Waals surface area contributed by atoms with E-state index in [0.717, 1.165) is 16.6 Å². The van der Waals surface area contributed by atoms with Crippen LogP contribution in [0, 0.1) is 13.8 Å². The highest BCUT2D eigenvalue weighted by molar-refractivity contribution is 6.01. The number of benzene rings is 2. The van der Waals surface area contributed by atoms with Gasteiger partial charge in [0.25, 0.3) is 5.91 Å². The number of anilines is 1. The predicted molar refractivity (Wildman–Crippen MR) is 127 cm³/mol. The van der Waals surface area contributed by atoms with Crippen molar-refractivity contribution in [3.05, 3.63) is 77.7 Å². The fraction of sp³-hybridized carbons (Fsp3) is 0.280. The molecule has 1 N–H and O–H groups in total. The molecule has 9 heteroatoms. The Bertz CT molecular complexity index is 1280. The molecule has 9 nitrogen and oxygen atoms in total. The number of para-hydroxylation sites is 1. The smallest absolute Gasteiger partial charge is 0.251 e. The number of carbonyl (C=O) groups excluding carboxylic acids is 2. The Kier molecular flexibility index (Phi) is 7.03. The number of rotatable bonds is 9. The third-order valence-electron chi connectivity index (χ3n) is 5.52. The van der Waals surface area contributed by atoms with Gasteiger partial charge in [-0.15, -0.1) is 5.10 Å². The van der Waals surface area contributed by atoms with Gasteiger partial charge in [-0.05, 0) is 55.3 Å². The number of nitrogens with zero attached hydrogens (tertiary/aromatic N) is 4. The summed E-state index contributed by atoms with van der Waals surface area (Å²) in [4.78, 5) is 28.8. The Morgan fingerprint density at radius 1 is 1.15 bits per heavy atom. The van der Waals surface area contributed by atoms with Gasteiger partial charge in [-0.2, -0.15) is 0 Å². The number of carbonyl (C=O) groups is 2. The zero-order valence-electron chi connectivity index (χ0n) is 19.4. The van der Waals surface area contributed by atoms with Crippen LogP contribution in [-0.2, 0) is 20.9 Å². The van der Waals surface area contributed by atoms with Gasteiger partial charge in [-0.3, -0.25) is 14.5 Å². The largest absolute Gasteiger partial charge is 0.467 e. The van der Waals surface area contributed by atoms with Gasteiger partial charge in [0.05, 0.1) is 18.4 Å². The van der Waals surface area contributed by atoms with Crippen LogP contribution in [-0.4, -0.2) is 47.1 Å². The Balaban J connectivity index is 1.78. The molecule has 2 aromatic carbocycles. The number of aryl methyl sites for hydroxylation is 2. The van der Waals surface area contributed by atoms with E-state index in [1.54, 1.807) is 19.2 Å². The summed E-state index contributed by atoms with van der Waals surface area (Å²) in [5, 5.41) is 11.2. The number of amides is 2. The minimum absolute atomic E-state index is 0.101. The van der Waals surface area contributed by atoms with Crippen molar-refractivity contribution in [2.24, 2.45) is 0 Å². The summed E-state index contributed by atoms with van der Waals surface area (Å²) in [5.41, 5.74) is 3.85. The van der Waals surface area contributed by atoms with Crippen molar-refractivity contribution < 1.29 is 18.7 Å². The second kappa shape index (κ2) is 10.3. The summed E-state index contributed by atoms with van der Waals surface area (Å²) >= 11 is 0. The highest BCUT2D eigenvalue weighted by atomic mass is 16.5. The average molecular weight is 462 g/mol. The van der Waals surface area contributed by atoms with E-state index in [9.17, 15) is 9.59 Å². The topological polar surface area (TPSA) is 102 Å². The minimum atomic E-state index is -1.02. The van der Waals surface area contributed by atoms with Crippen LogP contribution < -0.4 is 10.2 Å². The zero-order valence-corrected chi connectivity index (χ0v) is 19.4. The van der Waals surface area contributed by atoms with Crippen LogP contribution in [0.15, 0.2) is 65.3 Å². The molecule has 0 aliphatic heterocycles. The number of hydrogen-bond acceptors (Lipinski definition) is 6. The second-order valence-corrected chi connectivity index (χ2v) is 7.99. The van der Waals surface area contributed by atoms with Gasteiger partial charge in [0, 0.05) is 19.3 Å². The monoisotopic (exact) mass is 461 g/mol. The Morgan fingerprint density at radius 2 is 1.97 bits per heavy atom. The summed E-state index contributed by atoms with van der Waals surface area (Å²) in [6.07, 6.45) is 1.49. The van der Waals surface area contributed by atoms with E-state index in [2.05, 4.69) is 15.6 Å². The number of furan rings is 1. The molecular weight excluding hydrogens is 434 g/mol. The summed E-state index contributed by atoms with van der Waals surface area (Å²) in [7, 11) is 1.56. The first-order chi connectivity index (χ1) is 16.5. The molecule has 4 rings (SSSR count). The van der Waals surface area contributed by atoms with Crippen LogP contribution in [0.4, 0.5) is 5.69 Å². The lowest BCUT2D eigenvalue weighted by atomic mass is 10.1. The highest BCUT2D eigenvalue weighted by Crippen LogP contribution is 2.32. The normalized spacial score (nSPS) is 12.0. The molecule has 0 bridgehead atoms. The van der Waals surface area contributed by atoms with Crippen molar-refractivity contribution in [3.63, 3.8) is 0 Å². The van der Waals surface area contributed by atoms with Gasteiger partial charge in [0.2, 0.25) is 5.91 Å². The second-order valence-electron chi connectivity index (χ2n) is 7.99. The van der Waals surface area contributed by atoms with Crippen molar-refractivity contribution in [1.82, 2.24) is 20.3 Å². The molecule has 4 aromatic rings. The third kappa shape index (κ3) is 4.84. The molecule has 2 aromatic heterocycles. The summed E-state index contributed by atoms with van der Waals surface area (Å²) in [5.74, 6) is -0.343. The van der Waals surface area contributed by atoms with Crippen LogP contribution in [0.25, 0.3) is 11.0 Å². The summed E-state index contributed by atoms with van der Waals surface area (Å²) in [6, 6.07) is 15.6. The number of fused-ring (bicyclic) bond motifs is 1. The number of methoxy groups -OCH3 is 1. The van der Waals surface area contributed by atoms with Crippen LogP contribution in [0.3, 0.4) is 0 Å². The van der Waals surface area contributed by atoms with Crippen LogP contribution in [0.5, 0.6) is 0 Å². The summed E-state index contributed by atoms with van der Waals surface area (Å²) < 4.78 is 12.2. The molecule has 0 aliphatic carbocycles. The molecule has 0 fully saturated rings. The van der Waals surface area contributed by atoms with E-state index in [0.29, 0.717) is 30.1 Å². The Hall–Kier alpha value is -3.98. The van der Waals surface area contributed by atoms with Gasteiger partial charge in [0.15, 0.2) is 6.04 Å². The van der Waals surface area contributed by atoms with E-state index in [-0.39, 0.29) is 18.4 Å². The molecule has 1 atom stereocenters. The fourth-order valence-electron chi connectivity index (χ4n) is 3.83. The van der Waals surface area contributed by atoms with Gasteiger partial charge in [-0.25, -0.2) is 4.68 Å². The molecule has 0 aliphatic rings. The molecular formula is C25H27N5O4. The van der Waals surface area contributed by atoms with Crippen LogP contribution in [0.1, 0.15) is 22.9 Å². The van der Waals surface area contributed by atoms with Crippen molar-refractivity contribution in [3.8, 4) is 0 Å². The first-order valence-corrected chi connectivity index (χ1v) is 11.0. The lowest BCUT2D eigenvalue weighted by Crippen LogP contribution is -2.46. The van der Waals surface area contributed by atoms with Crippen molar-refractivity contribution in [2.75, 3.05) is 25.2 Å². The van der Waals surface area contributed by atoms with Gasteiger partial charge >= 0.3 is 0 Å². The first-order valence-electron chi connectivity index (χ1n) is 11.0. The maximum atomic E-state index is 13.9. The van der Waals surface area contributed by atoms with Gasteiger partial charge in [0.1, 0.15) is 17.8 Å². The fourth-order valence-corrected chi connectivity index (χ4v) is 3.83. The maximum absolute atomic E-state index is 13.9. The van der Waals surface area contributed by atoms with E-state index in [1.807, 2.05) is 56.3 Å². The predicted octanol–water partition coefficient (Wildman–Crippen LogP) is 3.18. The van der Waals surface area contributed by atoms with Crippen LogP contribution in [0.2, 0.25) is 0 Å². The first kappa shape index (κ1) is 23.2. The molecule has 34 heavy (non-hydrogen) atoms. The van der Waals surface area contributed by atoms with Crippen molar-refractivity contribution in [2.45, 2.75) is 26.4 Å². The molecule has 0 spiro atoms. The minimum Gasteiger partial charge on any atom is -0.467 e. The highest BCUT2D eigenvalue weighted by Gasteiger charge is 2.35. The standard InChI is InChI=1S/C25H27N5O4/c1-17-10-11-18(2)21(15-17)30(23(31)16-29-20-8-5-4-7-19(20)27-28-29)24(22-9-6-13-34-22)25(32)26-12-14-33-3/h4-11,13,15,24H,12,14,16H2,1-3H3,(H,26,32)/t24-/m1/s1. The van der Waals surface area contributed by atoms with E-state index < -0.39 is 6.04 Å². The SMILES string of the molecule is COCCNC(=O)[C@@H](c1ccco1)N(C(=O)Cn1nnc2ccccc21)c1cc(C)ccc1C. The average Bonchev–Trinajstić information content (AvgIpc) is 3.50. The Labute approximate surface area is 197 Å². The molecule has 0 saturated carbocycles. The molecule has 0 unspecified atom stereocenters. The van der Waals surface area contributed by atoms with E-state index >= 15 is 0 Å². The number of ether oxygens (including phenoxy) is 1. The molecule has 2 amide bonds. The number of hydrogen-bond donors (Lipinski definition) is 1. The van der Waals surface area contributed by atoms with Crippen molar-refractivity contribution in [1.29, 1.82) is 0 Å². The maximum Gasteiger partial charge on any atom is 0.251 e. The zero-order chi connectivity index (χ0) is 24.1. The van der Waals surface area contributed by atoms with Crippen LogP contribution >= 0.6 is 0 Å². The molecule has 2 heterocycles. The molecule has 0 saturated heterocycles.